The lowest BCUT2D eigenvalue weighted by Gasteiger charge is -2.32. The largest absolute Gasteiger partial charge is 0.508 e. The number of aliphatic imine (C=N–C) groups is 1. The van der Waals surface area contributed by atoms with Gasteiger partial charge in [-0.2, -0.15) is 13.2 Å². The molecule has 1 saturated heterocycles. The van der Waals surface area contributed by atoms with Gasteiger partial charge in [-0.25, -0.2) is 4.99 Å². The van der Waals surface area contributed by atoms with Gasteiger partial charge in [0.05, 0.1) is 13.1 Å². The Bertz CT molecular complexity index is 582. The third kappa shape index (κ3) is 8.51. The van der Waals surface area contributed by atoms with Crippen LogP contribution in [0.25, 0.3) is 0 Å². The van der Waals surface area contributed by atoms with Gasteiger partial charge in [0, 0.05) is 13.1 Å². The topological polar surface area (TPSA) is 59.9 Å². The number of hydrogen-bond donors (Lipinski definition) is 3. The zero-order valence-corrected chi connectivity index (χ0v) is 15.7. The van der Waals surface area contributed by atoms with E-state index in [0.29, 0.717) is 25.6 Å². The summed E-state index contributed by atoms with van der Waals surface area (Å²) in [5, 5.41) is 15.8. The molecule has 0 aliphatic carbocycles. The van der Waals surface area contributed by atoms with Crippen LogP contribution in [0.1, 0.15) is 31.7 Å². The summed E-state index contributed by atoms with van der Waals surface area (Å²) in [6, 6.07) is 6.93. The van der Waals surface area contributed by atoms with Gasteiger partial charge in [-0.05, 0) is 62.9 Å². The van der Waals surface area contributed by atoms with Crippen molar-refractivity contribution >= 4 is 5.96 Å². The number of likely N-dealkylation sites (tertiary alicyclic amines) is 1. The van der Waals surface area contributed by atoms with Crippen molar-refractivity contribution in [1.29, 1.82) is 0 Å². The minimum Gasteiger partial charge on any atom is -0.508 e. The van der Waals surface area contributed by atoms with Gasteiger partial charge in [-0.3, -0.25) is 4.90 Å². The molecule has 0 atom stereocenters. The summed E-state index contributed by atoms with van der Waals surface area (Å²) < 4.78 is 37.3. The van der Waals surface area contributed by atoms with E-state index in [-0.39, 0.29) is 5.75 Å². The maximum atomic E-state index is 12.4. The maximum absolute atomic E-state index is 12.4. The number of piperidine rings is 1. The van der Waals surface area contributed by atoms with E-state index in [0.717, 1.165) is 43.9 Å². The zero-order valence-electron chi connectivity index (χ0n) is 15.7. The van der Waals surface area contributed by atoms with Crippen molar-refractivity contribution in [3.63, 3.8) is 0 Å². The summed E-state index contributed by atoms with van der Waals surface area (Å²) in [5.41, 5.74) is 1.00. The molecule has 1 aromatic rings. The first-order valence-corrected chi connectivity index (χ1v) is 9.45. The highest BCUT2D eigenvalue weighted by Crippen LogP contribution is 2.23. The zero-order chi connectivity index (χ0) is 19.7. The maximum Gasteiger partial charge on any atom is 0.401 e. The van der Waals surface area contributed by atoms with Crippen LogP contribution in [-0.4, -0.2) is 54.9 Å². The molecule has 0 unspecified atom stereocenters. The number of aromatic hydroxyl groups is 1. The van der Waals surface area contributed by atoms with Crippen LogP contribution in [0.3, 0.4) is 0 Å². The molecule has 152 valence electrons. The lowest BCUT2D eigenvalue weighted by Crippen LogP contribution is -2.41. The number of nitrogens with zero attached hydrogens (tertiary/aromatic N) is 2. The first-order valence-electron chi connectivity index (χ1n) is 9.45. The minimum absolute atomic E-state index is 0.231. The van der Waals surface area contributed by atoms with Crippen molar-refractivity contribution < 1.29 is 18.3 Å². The SMILES string of the molecule is CCNC(=NCc1ccc(O)cc1)NCCC1CCN(CC(F)(F)F)CC1. The lowest BCUT2D eigenvalue weighted by molar-refractivity contribution is -0.148. The molecule has 1 fully saturated rings. The van der Waals surface area contributed by atoms with E-state index in [9.17, 15) is 18.3 Å². The van der Waals surface area contributed by atoms with Crippen LogP contribution in [0.2, 0.25) is 0 Å². The number of nitrogens with one attached hydrogen (secondary N) is 2. The summed E-state index contributed by atoms with van der Waals surface area (Å²) >= 11 is 0. The van der Waals surface area contributed by atoms with Gasteiger partial charge >= 0.3 is 6.18 Å². The Morgan fingerprint density at radius 3 is 2.44 bits per heavy atom. The third-order valence-electron chi connectivity index (χ3n) is 4.66. The highest BCUT2D eigenvalue weighted by atomic mass is 19.4. The summed E-state index contributed by atoms with van der Waals surface area (Å²) in [4.78, 5) is 6.02. The molecule has 2 rings (SSSR count). The number of hydrogen-bond acceptors (Lipinski definition) is 3. The molecule has 3 N–H and O–H groups in total. The number of guanidine groups is 1. The number of alkyl halides is 3. The number of phenolic OH excluding ortho intramolecular Hbond substituents is 1. The fourth-order valence-electron chi connectivity index (χ4n) is 3.19. The van der Waals surface area contributed by atoms with Gasteiger partial charge in [0.15, 0.2) is 5.96 Å². The van der Waals surface area contributed by atoms with E-state index in [1.54, 1.807) is 12.1 Å². The number of rotatable bonds is 7. The molecule has 0 aromatic heterocycles. The average Bonchev–Trinajstić information content (AvgIpc) is 2.61. The Morgan fingerprint density at radius 1 is 1.19 bits per heavy atom. The molecular formula is C19H29F3N4O. The molecule has 0 bridgehead atoms. The fraction of sp³-hybridized carbons (Fsp3) is 0.632. The predicted octanol–water partition coefficient (Wildman–Crippen LogP) is 3.11. The van der Waals surface area contributed by atoms with Crippen molar-refractivity contribution in [3.8, 4) is 5.75 Å². The number of halogens is 3. The van der Waals surface area contributed by atoms with Crippen molar-refractivity contribution in [3.05, 3.63) is 29.8 Å². The molecule has 1 aliphatic heterocycles. The lowest BCUT2D eigenvalue weighted by atomic mass is 9.93. The average molecular weight is 386 g/mol. The van der Waals surface area contributed by atoms with Crippen LogP contribution in [0.4, 0.5) is 13.2 Å². The van der Waals surface area contributed by atoms with Crippen LogP contribution in [0, 0.1) is 5.92 Å². The summed E-state index contributed by atoms with van der Waals surface area (Å²) in [6.07, 6.45) is -1.58. The monoisotopic (exact) mass is 386 g/mol. The molecule has 0 spiro atoms. The molecule has 0 amide bonds. The smallest absolute Gasteiger partial charge is 0.401 e. The van der Waals surface area contributed by atoms with Crippen molar-refractivity contribution in [2.24, 2.45) is 10.9 Å². The summed E-state index contributed by atoms with van der Waals surface area (Å²) in [5.74, 6) is 1.40. The Kier molecular flexibility index (Phi) is 8.22. The minimum atomic E-state index is -4.11. The fourth-order valence-corrected chi connectivity index (χ4v) is 3.19. The van der Waals surface area contributed by atoms with E-state index in [1.807, 2.05) is 19.1 Å². The third-order valence-corrected chi connectivity index (χ3v) is 4.66. The molecule has 0 saturated carbocycles. The second kappa shape index (κ2) is 10.4. The Balaban J connectivity index is 1.71. The molecule has 5 nitrogen and oxygen atoms in total. The molecule has 1 aromatic carbocycles. The molecule has 8 heteroatoms. The highest BCUT2D eigenvalue weighted by Gasteiger charge is 2.32. The van der Waals surface area contributed by atoms with Crippen LogP contribution in [-0.2, 0) is 6.54 Å². The normalized spacial score (nSPS) is 17.1. The first kappa shape index (κ1) is 21.3. The van der Waals surface area contributed by atoms with Crippen molar-refractivity contribution in [1.82, 2.24) is 15.5 Å². The molecule has 1 aliphatic rings. The van der Waals surface area contributed by atoms with Gasteiger partial charge in [-0.15, -0.1) is 0 Å². The first-order chi connectivity index (χ1) is 12.9. The van der Waals surface area contributed by atoms with Crippen molar-refractivity contribution in [2.75, 3.05) is 32.7 Å². The summed E-state index contributed by atoms with van der Waals surface area (Å²) in [6.45, 7) is 4.22. The number of phenols is 1. The van der Waals surface area contributed by atoms with Gasteiger partial charge in [-0.1, -0.05) is 12.1 Å². The van der Waals surface area contributed by atoms with E-state index in [4.69, 9.17) is 0 Å². The van der Waals surface area contributed by atoms with Gasteiger partial charge in [0.1, 0.15) is 5.75 Å². The number of benzene rings is 1. The molecule has 1 heterocycles. The standard InChI is InChI=1S/C19H29F3N4O/c1-2-23-18(25-13-16-3-5-17(27)6-4-16)24-10-7-15-8-11-26(12-9-15)14-19(20,21)22/h3-6,15,27H,2,7-14H2,1H3,(H2,23,24,25). The van der Waals surface area contributed by atoms with Gasteiger partial charge < -0.3 is 15.7 Å². The van der Waals surface area contributed by atoms with E-state index < -0.39 is 12.7 Å². The van der Waals surface area contributed by atoms with E-state index in [1.165, 1.54) is 4.90 Å². The second-order valence-corrected chi connectivity index (χ2v) is 6.91. The quantitative estimate of drug-likeness (QED) is 0.498. The Labute approximate surface area is 158 Å². The van der Waals surface area contributed by atoms with E-state index in [2.05, 4.69) is 15.6 Å². The summed E-state index contributed by atoms with van der Waals surface area (Å²) in [7, 11) is 0. The molecular weight excluding hydrogens is 357 g/mol. The van der Waals surface area contributed by atoms with Gasteiger partial charge in [0.2, 0.25) is 0 Å². The predicted molar refractivity (Wildman–Crippen MR) is 101 cm³/mol. The van der Waals surface area contributed by atoms with Crippen molar-refractivity contribution in [2.45, 2.75) is 38.9 Å². The van der Waals surface area contributed by atoms with Gasteiger partial charge in [0.25, 0.3) is 0 Å². The molecule has 0 radical (unpaired) electrons. The Hall–Kier alpha value is -1.96. The molecule has 27 heavy (non-hydrogen) atoms. The van der Waals surface area contributed by atoms with Crippen LogP contribution >= 0.6 is 0 Å². The van der Waals surface area contributed by atoms with E-state index >= 15 is 0 Å². The Morgan fingerprint density at radius 2 is 1.85 bits per heavy atom. The van der Waals surface area contributed by atoms with Crippen LogP contribution in [0.15, 0.2) is 29.3 Å². The highest BCUT2D eigenvalue weighted by molar-refractivity contribution is 5.79. The second-order valence-electron chi connectivity index (χ2n) is 6.91. The van der Waals surface area contributed by atoms with Crippen LogP contribution < -0.4 is 10.6 Å². The van der Waals surface area contributed by atoms with Crippen LogP contribution in [0.5, 0.6) is 5.75 Å².